The molecule has 3 aromatic heterocycles. The molecule has 0 aliphatic carbocycles. The molecule has 1 saturated heterocycles. The molecule has 4 rings (SSSR count). The molecule has 1 atom stereocenters. The summed E-state index contributed by atoms with van der Waals surface area (Å²) in [6.45, 7) is 4.08. The number of hydrogen-bond acceptors (Lipinski definition) is 5. The normalized spacial score (nSPS) is 17.9. The highest BCUT2D eigenvalue weighted by molar-refractivity contribution is 5.95. The third kappa shape index (κ3) is 3.36. The molecule has 29 heavy (non-hydrogen) atoms. The van der Waals surface area contributed by atoms with Gasteiger partial charge in [-0.15, -0.1) is 0 Å². The zero-order valence-corrected chi connectivity index (χ0v) is 16.2. The predicted molar refractivity (Wildman–Crippen MR) is 97.4 cm³/mol. The number of rotatable bonds is 2. The average molecular weight is 407 g/mol. The highest BCUT2D eigenvalue weighted by Gasteiger charge is 2.38. The Kier molecular flexibility index (Phi) is 4.59. The van der Waals surface area contributed by atoms with Crippen molar-refractivity contribution in [2.75, 3.05) is 13.1 Å². The molecule has 3 aromatic rings. The first-order chi connectivity index (χ1) is 13.7. The van der Waals surface area contributed by atoms with Gasteiger partial charge in [-0.3, -0.25) is 9.48 Å². The van der Waals surface area contributed by atoms with Crippen LogP contribution >= 0.6 is 0 Å². The van der Waals surface area contributed by atoms with Crippen molar-refractivity contribution in [2.24, 2.45) is 7.05 Å². The van der Waals surface area contributed by atoms with Crippen LogP contribution in [0.2, 0.25) is 0 Å². The smallest absolute Gasteiger partial charge is 0.338 e. The molecule has 154 valence electrons. The van der Waals surface area contributed by atoms with Gasteiger partial charge in [0.15, 0.2) is 0 Å². The van der Waals surface area contributed by atoms with Crippen molar-refractivity contribution >= 4 is 17.0 Å². The Morgan fingerprint density at radius 1 is 1.31 bits per heavy atom. The minimum atomic E-state index is -4.55. The van der Waals surface area contributed by atoms with Crippen molar-refractivity contribution in [1.82, 2.24) is 24.8 Å². The lowest BCUT2D eigenvalue weighted by atomic mass is 9.91. The van der Waals surface area contributed by atoms with Gasteiger partial charge >= 0.3 is 6.18 Å². The molecular formula is C19H20F3N5O2. The Hall–Kier alpha value is -2.91. The summed E-state index contributed by atoms with van der Waals surface area (Å²) in [6.07, 6.45) is -1.77. The fourth-order valence-corrected chi connectivity index (χ4v) is 3.86. The number of fused-ring (bicyclic) bond motifs is 1. The van der Waals surface area contributed by atoms with E-state index in [0.29, 0.717) is 24.9 Å². The SMILES string of the molecule is Cc1cc(C(F)(F)F)c2c([C@@H]3CCCN(C(=O)c4cnn(C)c4C)C3)noc2n1. The standard InChI is InChI=1S/C19H20F3N5O2/c1-10-7-14(19(20,21)22)15-16(25-29-17(15)24-10)12-5-4-6-27(9-12)18(28)13-8-23-26(3)11(13)2/h7-8,12H,4-6,9H2,1-3H3/t12-/m1/s1. The van der Waals surface area contributed by atoms with E-state index in [9.17, 15) is 18.0 Å². The van der Waals surface area contributed by atoms with Crippen molar-refractivity contribution in [3.63, 3.8) is 0 Å². The molecule has 7 nitrogen and oxygen atoms in total. The predicted octanol–water partition coefficient (Wildman–Crippen LogP) is 3.61. The van der Waals surface area contributed by atoms with Crippen molar-refractivity contribution in [3.8, 4) is 0 Å². The number of hydrogen-bond donors (Lipinski definition) is 0. The third-order valence-corrected chi connectivity index (χ3v) is 5.47. The maximum absolute atomic E-state index is 13.6. The first-order valence-corrected chi connectivity index (χ1v) is 9.28. The fraction of sp³-hybridized carbons (Fsp3) is 0.474. The van der Waals surface area contributed by atoms with E-state index in [1.165, 1.54) is 13.1 Å². The lowest BCUT2D eigenvalue weighted by Crippen LogP contribution is -2.39. The number of aryl methyl sites for hydroxylation is 2. The third-order valence-electron chi connectivity index (χ3n) is 5.47. The lowest BCUT2D eigenvalue weighted by Gasteiger charge is -2.32. The molecule has 4 heterocycles. The van der Waals surface area contributed by atoms with Gasteiger partial charge in [0.05, 0.1) is 28.4 Å². The molecule has 1 fully saturated rings. The second-order valence-corrected chi connectivity index (χ2v) is 7.41. The summed E-state index contributed by atoms with van der Waals surface area (Å²) in [7, 11) is 1.75. The van der Waals surface area contributed by atoms with E-state index >= 15 is 0 Å². The van der Waals surface area contributed by atoms with E-state index < -0.39 is 11.7 Å². The molecule has 0 saturated carbocycles. The van der Waals surface area contributed by atoms with E-state index in [2.05, 4.69) is 15.2 Å². The van der Waals surface area contributed by atoms with E-state index in [4.69, 9.17) is 4.52 Å². The Balaban J connectivity index is 1.69. The molecule has 0 spiro atoms. The van der Waals surface area contributed by atoms with Gasteiger partial charge in [-0.05, 0) is 32.8 Å². The quantitative estimate of drug-likeness (QED) is 0.649. The Morgan fingerprint density at radius 2 is 2.07 bits per heavy atom. The highest BCUT2D eigenvalue weighted by atomic mass is 19.4. The summed E-state index contributed by atoms with van der Waals surface area (Å²) in [6, 6.07) is 1.01. The van der Waals surface area contributed by atoms with Gasteiger partial charge in [-0.25, -0.2) is 4.98 Å². The first-order valence-electron chi connectivity index (χ1n) is 9.28. The van der Waals surface area contributed by atoms with Gasteiger partial charge in [0.25, 0.3) is 11.6 Å². The molecule has 0 aromatic carbocycles. The molecule has 0 unspecified atom stereocenters. The van der Waals surface area contributed by atoms with E-state index in [1.807, 2.05) is 0 Å². The fourth-order valence-electron chi connectivity index (χ4n) is 3.86. The number of carbonyl (C=O) groups is 1. The number of piperidine rings is 1. The maximum Gasteiger partial charge on any atom is 0.417 e. The minimum Gasteiger partial charge on any atom is -0.338 e. The largest absolute Gasteiger partial charge is 0.417 e. The maximum atomic E-state index is 13.6. The van der Waals surface area contributed by atoms with Crippen LogP contribution in [0, 0.1) is 13.8 Å². The van der Waals surface area contributed by atoms with Crippen LogP contribution < -0.4 is 0 Å². The van der Waals surface area contributed by atoms with Crippen molar-refractivity contribution in [2.45, 2.75) is 38.8 Å². The van der Waals surface area contributed by atoms with Gasteiger partial charge in [0, 0.05) is 37.4 Å². The second-order valence-electron chi connectivity index (χ2n) is 7.41. The van der Waals surface area contributed by atoms with E-state index in [-0.39, 0.29) is 40.9 Å². The molecule has 0 bridgehead atoms. The molecule has 1 aliphatic rings. The molecule has 1 amide bonds. The Bertz CT molecular complexity index is 1090. The number of pyridine rings is 1. The van der Waals surface area contributed by atoms with Crippen LogP contribution in [0.25, 0.3) is 11.1 Å². The van der Waals surface area contributed by atoms with Gasteiger partial charge in [0.2, 0.25) is 0 Å². The Morgan fingerprint density at radius 3 is 2.72 bits per heavy atom. The number of nitrogens with zero attached hydrogens (tertiary/aromatic N) is 5. The van der Waals surface area contributed by atoms with Crippen LogP contribution in [0.1, 0.15) is 51.8 Å². The summed E-state index contributed by atoms with van der Waals surface area (Å²) < 4.78 is 47.6. The van der Waals surface area contributed by atoms with Crippen LogP contribution in [0.15, 0.2) is 16.8 Å². The monoisotopic (exact) mass is 407 g/mol. The summed E-state index contributed by atoms with van der Waals surface area (Å²) in [5.41, 5.74) is 0.719. The van der Waals surface area contributed by atoms with E-state index in [0.717, 1.165) is 11.8 Å². The average Bonchev–Trinajstić information content (AvgIpc) is 3.23. The summed E-state index contributed by atoms with van der Waals surface area (Å²) in [4.78, 5) is 18.6. The van der Waals surface area contributed by atoms with Gasteiger partial charge in [0.1, 0.15) is 0 Å². The van der Waals surface area contributed by atoms with Crippen LogP contribution in [0.3, 0.4) is 0 Å². The van der Waals surface area contributed by atoms with Crippen LogP contribution in [0.5, 0.6) is 0 Å². The van der Waals surface area contributed by atoms with Gasteiger partial charge in [-0.1, -0.05) is 5.16 Å². The van der Waals surface area contributed by atoms with Crippen LogP contribution in [-0.2, 0) is 13.2 Å². The van der Waals surface area contributed by atoms with Gasteiger partial charge in [-0.2, -0.15) is 18.3 Å². The number of alkyl halides is 3. The van der Waals surface area contributed by atoms with Crippen LogP contribution in [0.4, 0.5) is 13.2 Å². The van der Waals surface area contributed by atoms with Crippen molar-refractivity contribution in [3.05, 3.63) is 40.5 Å². The molecular weight excluding hydrogens is 387 g/mol. The van der Waals surface area contributed by atoms with Crippen molar-refractivity contribution < 1.29 is 22.5 Å². The zero-order chi connectivity index (χ0) is 20.9. The number of carbonyl (C=O) groups excluding carboxylic acids is 1. The second kappa shape index (κ2) is 6.85. The van der Waals surface area contributed by atoms with Crippen LogP contribution in [-0.4, -0.2) is 43.8 Å². The first kappa shape index (κ1) is 19.4. The summed E-state index contributed by atoms with van der Waals surface area (Å²) >= 11 is 0. The number of aromatic nitrogens is 4. The lowest BCUT2D eigenvalue weighted by molar-refractivity contribution is -0.136. The Labute approximate surface area is 164 Å². The topological polar surface area (TPSA) is 77.0 Å². The molecule has 1 aliphatic heterocycles. The zero-order valence-electron chi connectivity index (χ0n) is 16.2. The summed E-state index contributed by atoms with van der Waals surface area (Å²) in [5.74, 6) is -0.547. The number of likely N-dealkylation sites (tertiary alicyclic amines) is 1. The van der Waals surface area contributed by atoms with Gasteiger partial charge < -0.3 is 9.42 Å². The van der Waals surface area contributed by atoms with Crippen molar-refractivity contribution in [1.29, 1.82) is 0 Å². The summed E-state index contributed by atoms with van der Waals surface area (Å²) in [5, 5.41) is 7.92. The number of amides is 1. The molecule has 10 heteroatoms. The number of halogens is 3. The molecule has 0 radical (unpaired) electrons. The van der Waals surface area contributed by atoms with E-state index in [1.54, 1.807) is 23.6 Å². The molecule has 0 N–H and O–H groups in total. The highest BCUT2D eigenvalue weighted by Crippen LogP contribution is 2.40. The minimum absolute atomic E-state index is 0.111.